The predicted octanol–water partition coefficient (Wildman–Crippen LogP) is 2.25. The Morgan fingerprint density at radius 2 is 1.79 bits per heavy atom. The number of methoxy groups -OCH3 is 2. The molecule has 1 aromatic rings. The lowest BCUT2D eigenvalue weighted by Gasteiger charge is -2.27. The van der Waals surface area contributed by atoms with Crippen LogP contribution < -0.4 is 14.8 Å². The molecule has 2 N–H and O–H groups in total. The van der Waals surface area contributed by atoms with E-state index in [1.165, 1.54) is 0 Å². The zero-order valence-electron chi connectivity index (χ0n) is 14.2. The first-order valence-electron chi connectivity index (χ1n) is 8.28. The summed E-state index contributed by atoms with van der Waals surface area (Å²) in [6.07, 6.45) is 3.68. The number of carboxylic acid groups (broad SMARTS) is 1. The molecule has 0 spiro atoms. The third-order valence-corrected chi connectivity index (χ3v) is 4.58. The number of ether oxygens (including phenoxy) is 2. The molecular formula is C18H25NO5. The molecule has 2 atom stereocenters. The van der Waals surface area contributed by atoms with E-state index in [0.717, 1.165) is 18.4 Å². The molecule has 0 unspecified atom stereocenters. The lowest BCUT2D eigenvalue weighted by Crippen LogP contribution is -2.40. The summed E-state index contributed by atoms with van der Waals surface area (Å²) in [5.74, 6) is -0.671. The average molecular weight is 335 g/mol. The largest absolute Gasteiger partial charge is 0.493 e. The van der Waals surface area contributed by atoms with Gasteiger partial charge in [0, 0.05) is 6.54 Å². The number of nitrogens with one attached hydrogen (secondary N) is 1. The topological polar surface area (TPSA) is 84.9 Å². The average Bonchev–Trinajstić information content (AvgIpc) is 2.61. The van der Waals surface area contributed by atoms with Crippen LogP contribution in [0.5, 0.6) is 11.5 Å². The maximum Gasteiger partial charge on any atom is 0.307 e. The van der Waals surface area contributed by atoms with Crippen LogP contribution in [0.4, 0.5) is 0 Å². The van der Waals surface area contributed by atoms with E-state index >= 15 is 0 Å². The zero-order chi connectivity index (χ0) is 17.5. The Balaban J connectivity index is 1.89. The summed E-state index contributed by atoms with van der Waals surface area (Å²) in [5.41, 5.74) is 1.02. The second-order valence-electron chi connectivity index (χ2n) is 6.07. The molecule has 0 heterocycles. The third-order valence-electron chi connectivity index (χ3n) is 4.58. The van der Waals surface area contributed by atoms with Gasteiger partial charge in [0.1, 0.15) is 0 Å². The van der Waals surface area contributed by atoms with Crippen LogP contribution in [-0.2, 0) is 16.0 Å². The van der Waals surface area contributed by atoms with Crippen molar-refractivity contribution >= 4 is 11.9 Å². The molecule has 0 radical (unpaired) electrons. The van der Waals surface area contributed by atoms with E-state index in [1.807, 2.05) is 18.2 Å². The molecule has 1 fully saturated rings. The number of benzene rings is 1. The summed E-state index contributed by atoms with van der Waals surface area (Å²) < 4.78 is 10.5. The van der Waals surface area contributed by atoms with Crippen molar-refractivity contribution in [2.24, 2.45) is 11.8 Å². The molecule has 0 aliphatic heterocycles. The Bertz CT molecular complexity index is 587. The van der Waals surface area contributed by atoms with Gasteiger partial charge in [-0.1, -0.05) is 18.9 Å². The number of hydrogen-bond donors (Lipinski definition) is 2. The summed E-state index contributed by atoms with van der Waals surface area (Å²) in [5, 5.41) is 12.1. The third kappa shape index (κ3) is 4.40. The summed E-state index contributed by atoms with van der Waals surface area (Å²) >= 11 is 0. The van der Waals surface area contributed by atoms with Crippen molar-refractivity contribution in [3.05, 3.63) is 23.8 Å². The van der Waals surface area contributed by atoms with Gasteiger partial charge < -0.3 is 19.9 Å². The molecule has 1 aliphatic carbocycles. The van der Waals surface area contributed by atoms with Crippen molar-refractivity contribution in [3.8, 4) is 11.5 Å². The molecular weight excluding hydrogens is 310 g/mol. The lowest BCUT2D eigenvalue weighted by molar-refractivity contribution is -0.148. The van der Waals surface area contributed by atoms with Gasteiger partial charge in [0.2, 0.25) is 5.91 Å². The number of aliphatic carboxylic acids is 1. The second kappa shape index (κ2) is 8.57. The fourth-order valence-corrected chi connectivity index (χ4v) is 3.24. The van der Waals surface area contributed by atoms with Gasteiger partial charge in [0.25, 0.3) is 0 Å². The van der Waals surface area contributed by atoms with Crippen molar-refractivity contribution in [2.75, 3.05) is 20.8 Å². The van der Waals surface area contributed by atoms with Gasteiger partial charge in [-0.15, -0.1) is 0 Å². The molecule has 1 aliphatic rings. The van der Waals surface area contributed by atoms with Gasteiger partial charge in [-0.3, -0.25) is 9.59 Å². The second-order valence-corrected chi connectivity index (χ2v) is 6.07. The minimum absolute atomic E-state index is 0.150. The van der Waals surface area contributed by atoms with Crippen molar-refractivity contribution in [1.29, 1.82) is 0 Å². The van der Waals surface area contributed by atoms with Gasteiger partial charge in [0.15, 0.2) is 11.5 Å². The Hall–Kier alpha value is -2.24. The van der Waals surface area contributed by atoms with E-state index in [0.29, 0.717) is 37.3 Å². The van der Waals surface area contributed by atoms with Gasteiger partial charge in [-0.05, 0) is 37.0 Å². The van der Waals surface area contributed by atoms with Gasteiger partial charge in [0.05, 0.1) is 26.1 Å². The maximum atomic E-state index is 12.3. The Labute approximate surface area is 142 Å². The molecule has 2 rings (SSSR count). The Morgan fingerprint density at radius 3 is 2.42 bits per heavy atom. The first kappa shape index (κ1) is 18.1. The Morgan fingerprint density at radius 1 is 1.12 bits per heavy atom. The SMILES string of the molecule is COc1ccc(CCNC(=O)[C@H]2CCCC[C@H]2C(=O)O)cc1OC. The van der Waals surface area contributed by atoms with E-state index in [-0.39, 0.29) is 5.91 Å². The van der Waals surface area contributed by atoms with Crippen molar-refractivity contribution < 1.29 is 24.2 Å². The lowest BCUT2D eigenvalue weighted by atomic mass is 9.78. The highest BCUT2D eigenvalue weighted by molar-refractivity contribution is 5.84. The number of carbonyl (C=O) groups is 2. The van der Waals surface area contributed by atoms with Crippen LogP contribution in [-0.4, -0.2) is 37.7 Å². The molecule has 6 nitrogen and oxygen atoms in total. The quantitative estimate of drug-likeness (QED) is 0.798. The van der Waals surface area contributed by atoms with Crippen molar-refractivity contribution in [2.45, 2.75) is 32.1 Å². The monoisotopic (exact) mass is 335 g/mol. The van der Waals surface area contributed by atoms with Gasteiger partial charge in [-0.2, -0.15) is 0 Å². The summed E-state index contributed by atoms with van der Waals surface area (Å²) in [6.45, 7) is 0.469. The number of rotatable bonds is 7. The highest BCUT2D eigenvalue weighted by Crippen LogP contribution is 2.30. The molecule has 1 saturated carbocycles. The van der Waals surface area contributed by atoms with Crippen LogP contribution in [0.2, 0.25) is 0 Å². The number of hydrogen-bond acceptors (Lipinski definition) is 4. The fourth-order valence-electron chi connectivity index (χ4n) is 3.24. The van der Waals surface area contributed by atoms with Crippen LogP contribution in [0.25, 0.3) is 0 Å². The van der Waals surface area contributed by atoms with Crippen LogP contribution in [0.3, 0.4) is 0 Å². The minimum Gasteiger partial charge on any atom is -0.493 e. The number of carbonyl (C=O) groups excluding carboxylic acids is 1. The fraction of sp³-hybridized carbons (Fsp3) is 0.556. The highest BCUT2D eigenvalue weighted by atomic mass is 16.5. The smallest absolute Gasteiger partial charge is 0.307 e. The van der Waals surface area contributed by atoms with Crippen LogP contribution in [0, 0.1) is 11.8 Å². The Kier molecular flexibility index (Phi) is 6.46. The summed E-state index contributed by atoms with van der Waals surface area (Å²) in [7, 11) is 3.17. The molecule has 24 heavy (non-hydrogen) atoms. The van der Waals surface area contributed by atoms with Crippen LogP contribution in [0.1, 0.15) is 31.2 Å². The normalized spacial score (nSPS) is 20.2. The standard InChI is InChI=1S/C18H25NO5/c1-23-15-8-7-12(11-16(15)24-2)9-10-19-17(20)13-5-3-4-6-14(13)18(21)22/h7-8,11,13-14H,3-6,9-10H2,1-2H3,(H,19,20)(H,21,22)/t13-,14+/m0/s1. The molecule has 6 heteroatoms. The van der Waals surface area contributed by atoms with Crippen LogP contribution in [0.15, 0.2) is 18.2 Å². The van der Waals surface area contributed by atoms with E-state index in [1.54, 1.807) is 14.2 Å². The molecule has 0 aromatic heterocycles. The predicted molar refractivity (Wildman–Crippen MR) is 89.3 cm³/mol. The maximum absolute atomic E-state index is 12.3. The van der Waals surface area contributed by atoms with E-state index in [9.17, 15) is 14.7 Å². The zero-order valence-corrected chi connectivity index (χ0v) is 14.2. The van der Waals surface area contributed by atoms with Gasteiger partial charge >= 0.3 is 5.97 Å². The molecule has 1 aromatic carbocycles. The van der Waals surface area contributed by atoms with Crippen molar-refractivity contribution in [3.63, 3.8) is 0 Å². The highest BCUT2D eigenvalue weighted by Gasteiger charge is 2.35. The van der Waals surface area contributed by atoms with E-state index in [4.69, 9.17) is 9.47 Å². The number of carboxylic acids is 1. The first-order chi connectivity index (χ1) is 11.6. The molecule has 132 valence electrons. The molecule has 0 bridgehead atoms. The number of amides is 1. The van der Waals surface area contributed by atoms with Gasteiger partial charge in [-0.25, -0.2) is 0 Å². The van der Waals surface area contributed by atoms with Crippen molar-refractivity contribution in [1.82, 2.24) is 5.32 Å². The summed E-state index contributed by atoms with van der Waals surface area (Å²) in [4.78, 5) is 23.6. The molecule has 0 saturated heterocycles. The minimum atomic E-state index is -0.866. The van der Waals surface area contributed by atoms with E-state index < -0.39 is 17.8 Å². The first-order valence-corrected chi connectivity index (χ1v) is 8.28. The van der Waals surface area contributed by atoms with E-state index in [2.05, 4.69) is 5.32 Å². The molecule has 1 amide bonds. The summed E-state index contributed by atoms with van der Waals surface area (Å²) in [6, 6.07) is 5.64. The van der Waals surface area contributed by atoms with Crippen LogP contribution >= 0.6 is 0 Å².